The second-order valence-corrected chi connectivity index (χ2v) is 13.8. The number of para-hydroxylation sites is 1. The van der Waals surface area contributed by atoms with Crippen molar-refractivity contribution in [2.45, 2.75) is 25.8 Å². The molecule has 13 heteroatoms. The van der Waals surface area contributed by atoms with Gasteiger partial charge in [0, 0.05) is 24.2 Å². The highest BCUT2D eigenvalue weighted by atomic mass is 35.5. The van der Waals surface area contributed by atoms with Gasteiger partial charge in [0.1, 0.15) is 5.75 Å². The number of nitrogens with zero attached hydrogens (tertiary/aromatic N) is 4. The molecule has 2 aromatic heterocycles. The third-order valence-corrected chi connectivity index (χ3v) is 9.91. The molecule has 0 bridgehead atoms. The molecule has 0 fully saturated rings. The molecular weight excluding hydrogens is 670 g/mol. The summed E-state index contributed by atoms with van der Waals surface area (Å²) >= 11 is 9.24. The Morgan fingerprint density at radius 3 is 2.75 bits per heavy atom. The van der Waals surface area contributed by atoms with Crippen LogP contribution in [-0.2, 0) is 19.4 Å². The van der Waals surface area contributed by atoms with Gasteiger partial charge in [-0.1, -0.05) is 70.4 Å². The van der Waals surface area contributed by atoms with Crippen molar-refractivity contribution in [1.29, 1.82) is 0 Å². The fourth-order valence-electron chi connectivity index (χ4n) is 5.24. The number of amides is 1. The maximum absolute atomic E-state index is 13.4. The van der Waals surface area contributed by atoms with E-state index in [4.69, 9.17) is 21.1 Å². The van der Waals surface area contributed by atoms with Crippen LogP contribution in [0.5, 0.6) is 11.6 Å². The number of carboxylic acid groups (broad SMARTS) is 1. The lowest BCUT2D eigenvalue weighted by Gasteiger charge is -2.29. The number of rotatable bonds is 10. The van der Waals surface area contributed by atoms with Gasteiger partial charge < -0.3 is 19.5 Å². The van der Waals surface area contributed by atoms with Gasteiger partial charge in [-0.25, -0.2) is 9.78 Å². The number of benzene rings is 3. The number of carbonyl (C=O) groups excluding carboxylic acids is 1. The van der Waals surface area contributed by atoms with Gasteiger partial charge in [-0.05, 0) is 80.9 Å². The van der Waals surface area contributed by atoms with E-state index in [0.29, 0.717) is 77.0 Å². The number of carbonyl (C=O) groups is 2. The average molecular weight is 702 g/mol. The predicted octanol–water partition coefficient (Wildman–Crippen LogP) is 7.20. The number of thiazole rings is 2. The molecule has 246 valence electrons. The molecule has 2 N–H and O–H groups in total. The predicted molar refractivity (Wildman–Crippen MR) is 190 cm³/mol. The first kappa shape index (κ1) is 33.2. The summed E-state index contributed by atoms with van der Waals surface area (Å²) < 4.78 is 12.0. The molecule has 1 aliphatic rings. The van der Waals surface area contributed by atoms with Crippen LogP contribution in [0.2, 0.25) is 5.02 Å². The Kier molecular flexibility index (Phi) is 10.4. The number of aromatic nitrogens is 2. The minimum atomic E-state index is -1.43. The number of fused-ring (bicyclic) bond motifs is 2. The van der Waals surface area contributed by atoms with Crippen molar-refractivity contribution in [3.63, 3.8) is 0 Å². The summed E-state index contributed by atoms with van der Waals surface area (Å²) in [5, 5.41) is 14.0. The zero-order valence-electron chi connectivity index (χ0n) is 26.3. The first-order valence-corrected chi connectivity index (χ1v) is 17.2. The number of ether oxygens (including phenoxy) is 2. The molecule has 0 saturated carbocycles. The van der Waals surface area contributed by atoms with Gasteiger partial charge in [0.05, 0.1) is 33.3 Å². The fraction of sp³-hybridized carbons (Fsp3) is 0.257. The van der Waals surface area contributed by atoms with Crippen molar-refractivity contribution in [1.82, 2.24) is 14.9 Å². The van der Waals surface area contributed by atoms with Crippen LogP contribution in [-0.4, -0.2) is 65.8 Å². The number of nitrogens with one attached hydrogen (secondary N) is 1. The summed E-state index contributed by atoms with van der Waals surface area (Å²) in [6.45, 7) is 2.11. The van der Waals surface area contributed by atoms with E-state index in [9.17, 15) is 14.7 Å². The number of halogens is 1. The second kappa shape index (κ2) is 15.0. The van der Waals surface area contributed by atoms with E-state index in [-0.39, 0.29) is 11.8 Å². The maximum atomic E-state index is 13.4. The number of hydrogen-bond acceptors (Lipinski definition) is 10. The van der Waals surface area contributed by atoms with Crippen molar-refractivity contribution in [3.8, 4) is 23.5 Å². The summed E-state index contributed by atoms with van der Waals surface area (Å²) in [5.74, 6) is 6.56. The fourth-order valence-corrected chi connectivity index (χ4v) is 7.39. The van der Waals surface area contributed by atoms with Crippen molar-refractivity contribution in [3.05, 3.63) is 92.8 Å². The van der Waals surface area contributed by atoms with E-state index < -0.39 is 6.16 Å². The molecule has 5 aromatic rings. The summed E-state index contributed by atoms with van der Waals surface area (Å²) in [6.07, 6.45) is 0.349. The lowest BCUT2D eigenvalue weighted by molar-refractivity contribution is 0.102. The number of aryl methyl sites for hydroxylation is 1. The highest BCUT2D eigenvalue weighted by Gasteiger charge is 2.26. The highest BCUT2D eigenvalue weighted by molar-refractivity contribution is 7.22. The van der Waals surface area contributed by atoms with E-state index in [2.05, 4.69) is 32.0 Å². The Morgan fingerprint density at radius 1 is 1.10 bits per heavy atom. The van der Waals surface area contributed by atoms with Gasteiger partial charge in [-0.2, -0.15) is 4.98 Å². The summed E-state index contributed by atoms with van der Waals surface area (Å²) in [6, 6.07) is 18.9. The minimum Gasteiger partial charge on any atom is -0.492 e. The van der Waals surface area contributed by atoms with Gasteiger partial charge in [0.25, 0.3) is 5.91 Å². The first-order chi connectivity index (χ1) is 23.2. The highest BCUT2D eigenvalue weighted by Crippen LogP contribution is 2.36. The molecule has 1 amide bonds. The lowest BCUT2D eigenvalue weighted by atomic mass is 9.94. The van der Waals surface area contributed by atoms with Crippen LogP contribution in [0.25, 0.3) is 10.2 Å². The van der Waals surface area contributed by atoms with Crippen LogP contribution < -0.4 is 19.7 Å². The van der Waals surface area contributed by atoms with Crippen LogP contribution in [0.3, 0.4) is 0 Å². The SMILES string of the molecule is CN(C)CC#Cc1ccc(OCCCc2sc(N3CCc4cccc(C(=O)Nc5nc6ccccc6s5)c4C3)nc2OC(=O)O)c(Cl)c1. The van der Waals surface area contributed by atoms with Gasteiger partial charge in [-0.15, -0.1) is 0 Å². The van der Waals surface area contributed by atoms with Crippen molar-refractivity contribution < 1.29 is 24.2 Å². The second-order valence-electron chi connectivity index (χ2n) is 11.3. The van der Waals surface area contributed by atoms with Crippen molar-refractivity contribution >= 4 is 66.8 Å². The summed E-state index contributed by atoms with van der Waals surface area (Å²) in [7, 11) is 3.92. The van der Waals surface area contributed by atoms with Crippen LogP contribution in [0, 0.1) is 11.8 Å². The van der Waals surface area contributed by atoms with E-state index >= 15 is 0 Å². The molecule has 0 atom stereocenters. The van der Waals surface area contributed by atoms with Gasteiger partial charge in [-0.3, -0.25) is 15.0 Å². The third kappa shape index (κ3) is 8.06. The molecule has 0 aliphatic carbocycles. The van der Waals surface area contributed by atoms with E-state index in [1.807, 2.05) is 67.5 Å². The third-order valence-electron chi connectivity index (χ3n) is 7.50. The standard InChI is InChI=1S/C35H32ClN5O5S2/c1-40(2)17-6-8-22-14-15-28(26(36)20-22)45-19-7-13-30-32(46-35(43)44)39-34(48-30)41-18-16-23-9-5-10-24(25(23)21-41)31(42)38-33-37-27-11-3-4-12-29(27)47-33/h3-5,9-12,14-15,20H,7,13,16-19,21H2,1-2H3,(H,43,44)(H,37,38,42). The Balaban J connectivity index is 1.12. The van der Waals surface area contributed by atoms with Crippen LogP contribution >= 0.6 is 34.3 Å². The van der Waals surface area contributed by atoms with E-state index in [1.165, 1.54) is 22.7 Å². The molecule has 1 aliphatic heterocycles. The molecule has 0 spiro atoms. The Morgan fingerprint density at radius 2 is 1.96 bits per heavy atom. The topological polar surface area (TPSA) is 117 Å². The number of anilines is 2. The van der Waals surface area contributed by atoms with E-state index in [0.717, 1.165) is 26.9 Å². The van der Waals surface area contributed by atoms with Gasteiger partial charge in [0.2, 0.25) is 5.88 Å². The summed E-state index contributed by atoms with van der Waals surface area (Å²) in [5.41, 5.74) is 4.21. The molecule has 3 heterocycles. The van der Waals surface area contributed by atoms with Crippen molar-refractivity contribution in [2.24, 2.45) is 0 Å². The Hall–Kier alpha value is -4.67. The number of hydrogen-bond donors (Lipinski definition) is 2. The minimum absolute atomic E-state index is 0.0637. The zero-order valence-corrected chi connectivity index (χ0v) is 28.7. The van der Waals surface area contributed by atoms with Crippen LogP contribution in [0.4, 0.5) is 15.1 Å². The Bertz CT molecular complexity index is 2000. The molecule has 0 unspecified atom stereocenters. The maximum Gasteiger partial charge on any atom is 0.512 e. The largest absolute Gasteiger partial charge is 0.512 e. The van der Waals surface area contributed by atoms with E-state index in [1.54, 1.807) is 12.1 Å². The molecule has 3 aromatic carbocycles. The molecule has 6 rings (SSSR count). The normalized spacial score (nSPS) is 12.4. The van der Waals surface area contributed by atoms with Crippen LogP contribution in [0.15, 0.2) is 60.7 Å². The monoisotopic (exact) mass is 701 g/mol. The Labute approximate surface area is 290 Å². The quantitative estimate of drug-likeness (QED) is 0.0886. The van der Waals surface area contributed by atoms with Crippen molar-refractivity contribution in [2.75, 3.05) is 44.0 Å². The smallest absolute Gasteiger partial charge is 0.492 e. The molecule has 0 saturated heterocycles. The van der Waals surface area contributed by atoms with Gasteiger partial charge in [0.15, 0.2) is 10.3 Å². The average Bonchev–Trinajstić information content (AvgIpc) is 3.66. The zero-order chi connectivity index (χ0) is 33.6. The lowest BCUT2D eigenvalue weighted by Crippen LogP contribution is -2.32. The molecule has 10 nitrogen and oxygen atoms in total. The van der Waals surface area contributed by atoms with Crippen LogP contribution in [0.1, 0.15) is 38.3 Å². The summed E-state index contributed by atoms with van der Waals surface area (Å²) in [4.78, 5) is 38.8. The first-order valence-electron chi connectivity index (χ1n) is 15.2. The van der Waals surface area contributed by atoms with Gasteiger partial charge >= 0.3 is 6.16 Å². The molecule has 0 radical (unpaired) electrons. The molecule has 48 heavy (non-hydrogen) atoms. The molecular formula is C35H32ClN5O5S2.